The number of rotatable bonds is 6. The highest BCUT2D eigenvalue weighted by atomic mass is 32.2. The van der Waals surface area contributed by atoms with Gasteiger partial charge >= 0.3 is 0 Å². The number of aromatic nitrogens is 2. The number of thioether (sulfide) groups is 1. The van der Waals surface area contributed by atoms with E-state index < -0.39 is 0 Å². The second kappa shape index (κ2) is 10.9. The molecule has 0 bridgehead atoms. The Hall–Kier alpha value is -3.21. The molecule has 2 fully saturated rings. The summed E-state index contributed by atoms with van der Waals surface area (Å²) in [6.07, 6.45) is 4.06. The van der Waals surface area contributed by atoms with Crippen LogP contribution in [0.1, 0.15) is 30.5 Å². The molecule has 2 aliphatic rings. The average molecular weight is 551 g/mol. The third-order valence-corrected chi connectivity index (χ3v) is 8.01. The van der Waals surface area contributed by atoms with Gasteiger partial charge in [0.2, 0.25) is 0 Å². The number of morpholine rings is 1. The van der Waals surface area contributed by atoms with Crippen molar-refractivity contribution in [3.05, 3.63) is 74.5 Å². The van der Waals surface area contributed by atoms with E-state index in [-0.39, 0.29) is 23.7 Å². The Morgan fingerprint density at radius 3 is 2.53 bits per heavy atom. The zero-order chi connectivity index (χ0) is 27.0. The van der Waals surface area contributed by atoms with E-state index >= 15 is 0 Å². The number of fused-ring (bicyclic) bond motifs is 1. The number of anilines is 1. The summed E-state index contributed by atoms with van der Waals surface area (Å²) in [4.78, 5) is 36.2. The van der Waals surface area contributed by atoms with Crippen molar-refractivity contribution in [1.82, 2.24) is 14.3 Å². The van der Waals surface area contributed by atoms with Gasteiger partial charge in [0.05, 0.1) is 29.8 Å². The van der Waals surface area contributed by atoms with E-state index in [9.17, 15) is 9.59 Å². The van der Waals surface area contributed by atoms with Crippen molar-refractivity contribution in [3.63, 3.8) is 0 Å². The lowest BCUT2D eigenvalue weighted by atomic mass is 10.1. The van der Waals surface area contributed by atoms with Gasteiger partial charge < -0.3 is 14.4 Å². The van der Waals surface area contributed by atoms with Crippen LogP contribution in [0.5, 0.6) is 5.75 Å². The number of hydrogen-bond acceptors (Lipinski definition) is 8. The Bertz CT molecular complexity index is 1470. The second-order valence-electron chi connectivity index (χ2n) is 9.68. The largest absolute Gasteiger partial charge is 0.497 e. The average Bonchev–Trinajstić information content (AvgIpc) is 3.16. The van der Waals surface area contributed by atoms with Gasteiger partial charge in [0.25, 0.3) is 11.5 Å². The van der Waals surface area contributed by atoms with Crippen molar-refractivity contribution >= 4 is 51.7 Å². The first-order valence-corrected chi connectivity index (χ1v) is 13.8. The molecule has 2 atom stereocenters. The predicted molar refractivity (Wildman–Crippen MR) is 155 cm³/mol. The van der Waals surface area contributed by atoms with Crippen LogP contribution in [0, 0.1) is 6.92 Å². The highest BCUT2D eigenvalue weighted by molar-refractivity contribution is 8.26. The van der Waals surface area contributed by atoms with Crippen LogP contribution in [0.2, 0.25) is 0 Å². The van der Waals surface area contributed by atoms with Crippen molar-refractivity contribution in [2.75, 3.05) is 31.6 Å². The van der Waals surface area contributed by atoms with Crippen molar-refractivity contribution < 1.29 is 14.3 Å². The molecule has 198 valence electrons. The van der Waals surface area contributed by atoms with Crippen LogP contribution in [-0.4, -0.2) is 63.5 Å². The number of aryl methyl sites for hydroxylation is 1. The fraction of sp³-hybridized carbons (Fsp3) is 0.357. The maximum atomic E-state index is 13.8. The van der Waals surface area contributed by atoms with Crippen LogP contribution in [0.4, 0.5) is 5.82 Å². The molecule has 2 aliphatic heterocycles. The number of ether oxygens (including phenoxy) is 2. The monoisotopic (exact) mass is 550 g/mol. The van der Waals surface area contributed by atoms with E-state index in [1.165, 1.54) is 11.8 Å². The molecule has 1 amide bonds. The lowest BCUT2D eigenvalue weighted by Crippen LogP contribution is -2.46. The van der Waals surface area contributed by atoms with Gasteiger partial charge in [0.1, 0.15) is 21.5 Å². The molecular formula is C28H30N4O4S2. The molecule has 8 nitrogen and oxygen atoms in total. The SMILES string of the molecule is COc1ccc(CCN2C(=O)/C(=C\c3c(N4CC(C)OC(C)C4)nc4ccc(C)cn4c3=O)SC2=S)cc1. The topological polar surface area (TPSA) is 76.4 Å². The molecule has 10 heteroatoms. The minimum Gasteiger partial charge on any atom is -0.497 e. The maximum Gasteiger partial charge on any atom is 0.267 e. The Morgan fingerprint density at radius 2 is 1.84 bits per heavy atom. The number of hydrogen-bond donors (Lipinski definition) is 0. The molecule has 0 N–H and O–H groups in total. The maximum absolute atomic E-state index is 13.8. The molecule has 0 radical (unpaired) electrons. The van der Waals surface area contributed by atoms with Crippen molar-refractivity contribution in [2.45, 2.75) is 39.4 Å². The molecule has 1 aromatic carbocycles. The molecular weight excluding hydrogens is 520 g/mol. The van der Waals surface area contributed by atoms with Gasteiger partial charge in [-0.05, 0) is 62.6 Å². The summed E-state index contributed by atoms with van der Waals surface area (Å²) < 4.78 is 13.2. The standard InChI is InChI=1S/C28H30N4O4S2/c1-17-5-10-24-29-25(30-15-18(2)36-19(3)16-30)22(26(33)32(24)14-17)13-23-27(34)31(28(37)38-23)12-11-20-6-8-21(35-4)9-7-20/h5-10,13-14,18-19H,11-12,15-16H2,1-4H3/b23-13+. The fourth-order valence-corrected chi connectivity index (χ4v) is 6.11. The molecule has 2 unspecified atom stereocenters. The Labute approximate surface area is 231 Å². The van der Waals surface area contributed by atoms with Crippen LogP contribution < -0.4 is 15.2 Å². The molecule has 3 aromatic rings. The highest BCUT2D eigenvalue weighted by Crippen LogP contribution is 2.34. The minimum atomic E-state index is -0.219. The Morgan fingerprint density at radius 1 is 1.13 bits per heavy atom. The molecule has 0 saturated carbocycles. The van der Waals surface area contributed by atoms with E-state index in [4.69, 9.17) is 26.7 Å². The summed E-state index contributed by atoms with van der Waals surface area (Å²) in [5, 5.41) is 0. The number of nitrogens with zero attached hydrogens (tertiary/aromatic N) is 4. The lowest BCUT2D eigenvalue weighted by molar-refractivity contribution is -0.122. The van der Waals surface area contributed by atoms with Crippen molar-refractivity contribution in [2.24, 2.45) is 0 Å². The summed E-state index contributed by atoms with van der Waals surface area (Å²) in [5.41, 5.74) is 2.74. The van der Waals surface area contributed by atoms with E-state index in [2.05, 4.69) is 4.90 Å². The molecule has 38 heavy (non-hydrogen) atoms. The van der Waals surface area contributed by atoms with Crippen molar-refractivity contribution in [1.29, 1.82) is 0 Å². The van der Waals surface area contributed by atoms with E-state index in [1.54, 1.807) is 28.7 Å². The number of pyridine rings is 1. The summed E-state index contributed by atoms with van der Waals surface area (Å²) >= 11 is 6.78. The quantitative estimate of drug-likeness (QED) is 0.336. The number of benzene rings is 1. The lowest BCUT2D eigenvalue weighted by Gasteiger charge is -2.36. The molecule has 0 aliphatic carbocycles. The van der Waals surface area contributed by atoms with Gasteiger partial charge in [-0.2, -0.15) is 0 Å². The zero-order valence-corrected chi connectivity index (χ0v) is 23.5. The first-order chi connectivity index (χ1) is 18.2. The summed E-state index contributed by atoms with van der Waals surface area (Å²) in [6.45, 7) is 7.60. The zero-order valence-electron chi connectivity index (χ0n) is 21.8. The van der Waals surface area contributed by atoms with E-state index in [0.717, 1.165) is 16.9 Å². The molecule has 0 spiro atoms. The number of amides is 1. The Balaban J connectivity index is 1.49. The van der Waals surface area contributed by atoms with Gasteiger partial charge in [-0.3, -0.25) is 18.9 Å². The van der Waals surface area contributed by atoms with Gasteiger partial charge in [0, 0.05) is 25.8 Å². The highest BCUT2D eigenvalue weighted by Gasteiger charge is 2.33. The predicted octanol–water partition coefficient (Wildman–Crippen LogP) is 4.07. The van der Waals surface area contributed by atoms with Crippen molar-refractivity contribution in [3.8, 4) is 5.75 Å². The number of thiocarbonyl (C=S) groups is 1. The Kier molecular flexibility index (Phi) is 7.56. The smallest absolute Gasteiger partial charge is 0.267 e. The van der Waals surface area contributed by atoms with E-state index in [1.807, 2.05) is 57.2 Å². The van der Waals surface area contributed by atoms with Crippen LogP contribution in [0.25, 0.3) is 11.7 Å². The summed E-state index contributed by atoms with van der Waals surface area (Å²) in [7, 11) is 1.63. The molecule has 4 heterocycles. The van der Waals surface area contributed by atoms with Crippen LogP contribution in [0.15, 0.2) is 52.3 Å². The number of carbonyl (C=O) groups is 1. The number of carbonyl (C=O) groups excluding carboxylic acids is 1. The fourth-order valence-electron chi connectivity index (χ4n) is 4.82. The third-order valence-electron chi connectivity index (χ3n) is 6.64. The van der Waals surface area contributed by atoms with Crippen LogP contribution in [0.3, 0.4) is 0 Å². The van der Waals surface area contributed by atoms with Gasteiger partial charge in [-0.25, -0.2) is 4.98 Å². The second-order valence-corrected chi connectivity index (χ2v) is 11.4. The summed E-state index contributed by atoms with van der Waals surface area (Å²) in [5.74, 6) is 1.15. The van der Waals surface area contributed by atoms with Gasteiger partial charge in [0.15, 0.2) is 0 Å². The van der Waals surface area contributed by atoms with Crippen LogP contribution in [-0.2, 0) is 16.0 Å². The molecule has 2 saturated heterocycles. The first-order valence-electron chi connectivity index (χ1n) is 12.5. The minimum absolute atomic E-state index is 0.0129. The molecule has 5 rings (SSSR count). The molecule has 2 aromatic heterocycles. The first kappa shape index (κ1) is 26.4. The summed E-state index contributed by atoms with van der Waals surface area (Å²) in [6, 6.07) is 11.5. The van der Waals surface area contributed by atoms with Crippen LogP contribution >= 0.6 is 24.0 Å². The van der Waals surface area contributed by atoms with Gasteiger partial charge in [-0.1, -0.05) is 42.2 Å². The van der Waals surface area contributed by atoms with E-state index in [0.29, 0.717) is 52.3 Å². The third kappa shape index (κ3) is 5.34. The number of methoxy groups -OCH3 is 1. The van der Waals surface area contributed by atoms with Gasteiger partial charge in [-0.15, -0.1) is 0 Å². The normalized spacial score (nSPS) is 21.1.